The summed E-state index contributed by atoms with van der Waals surface area (Å²) >= 11 is 1.89. The van der Waals surface area contributed by atoms with Gasteiger partial charge in [-0.2, -0.15) is 0 Å². The molecule has 1 aliphatic heterocycles. The summed E-state index contributed by atoms with van der Waals surface area (Å²) in [5.74, 6) is 0. The lowest BCUT2D eigenvalue weighted by Gasteiger charge is -2.32. The minimum absolute atomic E-state index is 0.694. The third-order valence-electron chi connectivity index (χ3n) is 3.25. The summed E-state index contributed by atoms with van der Waals surface area (Å²) in [6, 6.07) is 2.92. The van der Waals surface area contributed by atoms with Gasteiger partial charge in [0.15, 0.2) is 0 Å². The second kappa shape index (κ2) is 5.10. The molecule has 1 fully saturated rings. The summed E-state index contributed by atoms with van der Waals surface area (Å²) in [6.45, 7) is 5.82. The fraction of sp³-hybridized carbons (Fsp3) is 0.667. The minimum Gasteiger partial charge on any atom is -0.316 e. The number of nitrogens with one attached hydrogen (secondary N) is 1. The fourth-order valence-electron chi connectivity index (χ4n) is 2.20. The largest absolute Gasteiger partial charge is 0.316 e. The molecule has 0 saturated carbocycles. The Kier molecular flexibility index (Phi) is 3.78. The summed E-state index contributed by atoms with van der Waals surface area (Å²) in [5.41, 5.74) is 1.45. The number of hydrogen-bond acceptors (Lipinski definition) is 3. The number of aryl methyl sites for hydroxylation is 1. The van der Waals surface area contributed by atoms with Crippen LogP contribution in [0.2, 0.25) is 0 Å². The van der Waals surface area contributed by atoms with E-state index >= 15 is 0 Å². The van der Waals surface area contributed by atoms with Crippen molar-refractivity contribution in [3.63, 3.8) is 0 Å². The number of nitrogens with zero attached hydrogens (tertiary/aromatic N) is 1. The Labute approximate surface area is 96.3 Å². The van der Waals surface area contributed by atoms with Crippen LogP contribution < -0.4 is 5.32 Å². The molecule has 0 spiro atoms. The second-order valence-corrected chi connectivity index (χ2v) is 5.39. The van der Waals surface area contributed by atoms with Gasteiger partial charge in [-0.05, 0) is 50.4 Å². The molecule has 0 aliphatic carbocycles. The van der Waals surface area contributed by atoms with Crippen molar-refractivity contribution in [2.75, 3.05) is 20.1 Å². The van der Waals surface area contributed by atoms with Crippen LogP contribution in [0.4, 0.5) is 0 Å². The Morgan fingerprint density at radius 2 is 2.47 bits per heavy atom. The zero-order valence-corrected chi connectivity index (χ0v) is 10.4. The van der Waals surface area contributed by atoms with Crippen molar-refractivity contribution in [1.82, 2.24) is 10.2 Å². The maximum absolute atomic E-state index is 3.39. The first-order valence-electron chi connectivity index (χ1n) is 5.72. The number of piperidine rings is 1. The number of hydrogen-bond donors (Lipinski definition) is 1. The maximum atomic E-state index is 3.39. The van der Waals surface area contributed by atoms with E-state index in [1.54, 1.807) is 0 Å². The van der Waals surface area contributed by atoms with Crippen LogP contribution in [0.3, 0.4) is 0 Å². The molecule has 1 saturated heterocycles. The van der Waals surface area contributed by atoms with Crippen LogP contribution in [0.15, 0.2) is 11.4 Å². The fourth-order valence-corrected chi connectivity index (χ4v) is 3.15. The van der Waals surface area contributed by atoms with E-state index in [0.717, 1.165) is 6.54 Å². The van der Waals surface area contributed by atoms with Crippen LogP contribution >= 0.6 is 11.3 Å². The molecule has 1 atom stereocenters. The molecule has 0 aromatic carbocycles. The minimum atomic E-state index is 0.694. The molecule has 2 nitrogen and oxygen atoms in total. The molecule has 3 heteroatoms. The number of rotatable bonds is 3. The molecule has 15 heavy (non-hydrogen) atoms. The highest BCUT2D eigenvalue weighted by molar-refractivity contribution is 7.10. The molecule has 1 N–H and O–H groups in total. The summed E-state index contributed by atoms with van der Waals surface area (Å²) in [7, 11) is 2.07. The lowest BCUT2D eigenvalue weighted by molar-refractivity contribution is 0.189. The van der Waals surface area contributed by atoms with E-state index in [9.17, 15) is 0 Å². The average Bonchev–Trinajstić information content (AvgIpc) is 2.65. The monoisotopic (exact) mass is 224 g/mol. The van der Waals surface area contributed by atoms with Gasteiger partial charge in [0.05, 0.1) is 0 Å². The summed E-state index contributed by atoms with van der Waals surface area (Å²) < 4.78 is 0. The molecular weight excluding hydrogens is 204 g/mol. The Hall–Kier alpha value is -0.380. The van der Waals surface area contributed by atoms with Gasteiger partial charge in [-0.3, -0.25) is 4.90 Å². The van der Waals surface area contributed by atoms with Crippen molar-refractivity contribution in [3.8, 4) is 0 Å². The first-order chi connectivity index (χ1) is 7.29. The molecular formula is C12H20N2S. The second-order valence-electron chi connectivity index (χ2n) is 4.39. The van der Waals surface area contributed by atoms with E-state index in [1.165, 1.54) is 36.4 Å². The molecule has 1 aromatic heterocycles. The van der Waals surface area contributed by atoms with Crippen molar-refractivity contribution in [2.24, 2.45) is 0 Å². The molecule has 1 unspecified atom stereocenters. The van der Waals surface area contributed by atoms with Gasteiger partial charge in [-0.25, -0.2) is 0 Å². The number of thiophene rings is 1. The zero-order chi connectivity index (χ0) is 10.7. The van der Waals surface area contributed by atoms with Gasteiger partial charge in [-0.15, -0.1) is 11.3 Å². The van der Waals surface area contributed by atoms with Gasteiger partial charge in [-0.1, -0.05) is 0 Å². The van der Waals surface area contributed by atoms with Crippen molar-refractivity contribution >= 4 is 11.3 Å². The van der Waals surface area contributed by atoms with Crippen LogP contribution in [0.25, 0.3) is 0 Å². The maximum Gasteiger partial charge on any atom is 0.0331 e. The molecule has 0 radical (unpaired) electrons. The molecule has 84 valence electrons. The average molecular weight is 224 g/mol. The molecule has 2 heterocycles. The van der Waals surface area contributed by atoms with Gasteiger partial charge >= 0.3 is 0 Å². The van der Waals surface area contributed by atoms with E-state index in [4.69, 9.17) is 0 Å². The molecule has 1 aromatic rings. The van der Waals surface area contributed by atoms with Gasteiger partial charge < -0.3 is 5.32 Å². The smallest absolute Gasteiger partial charge is 0.0331 e. The van der Waals surface area contributed by atoms with Crippen LogP contribution in [0.1, 0.15) is 23.3 Å². The lowest BCUT2D eigenvalue weighted by Crippen LogP contribution is -2.43. The predicted molar refractivity (Wildman–Crippen MR) is 66.4 cm³/mol. The molecule has 1 aliphatic rings. The topological polar surface area (TPSA) is 15.3 Å². The van der Waals surface area contributed by atoms with E-state index in [-0.39, 0.29) is 0 Å². The van der Waals surface area contributed by atoms with Gasteiger partial charge in [0.1, 0.15) is 0 Å². The van der Waals surface area contributed by atoms with E-state index in [2.05, 4.69) is 35.6 Å². The van der Waals surface area contributed by atoms with Crippen molar-refractivity contribution in [1.29, 1.82) is 0 Å². The van der Waals surface area contributed by atoms with Gasteiger partial charge in [0.2, 0.25) is 0 Å². The van der Waals surface area contributed by atoms with Crippen LogP contribution in [-0.2, 0) is 6.54 Å². The first kappa shape index (κ1) is 11.1. The van der Waals surface area contributed by atoms with Crippen LogP contribution in [0.5, 0.6) is 0 Å². The highest BCUT2D eigenvalue weighted by atomic mass is 32.1. The van der Waals surface area contributed by atoms with Crippen molar-refractivity contribution in [2.45, 2.75) is 32.4 Å². The first-order valence-corrected chi connectivity index (χ1v) is 6.60. The SMILES string of the molecule is CNC1CCCN(Cc2sccc2C)C1. The Balaban J connectivity index is 1.92. The zero-order valence-electron chi connectivity index (χ0n) is 9.62. The predicted octanol–water partition coefficient (Wildman–Crippen LogP) is 2.24. The standard InChI is InChI=1S/C12H20N2S/c1-10-5-7-15-12(10)9-14-6-3-4-11(8-14)13-2/h5,7,11,13H,3-4,6,8-9H2,1-2H3. The Morgan fingerprint density at radius 1 is 1.60 bits per heavy atom. The Morgan fingerprint density at radius 3 is 3.13 bits per heavy atom. The highest BCUT2D eigenvalue weighted by Crippen LogP contribution is 2.20. The quantitative estimate of drug-likeness (QED) is 0.847. The van der Waals surface area contributed by atoms with Crippen LogP contribution in [0, 0.1) is 6.92 Å². The summed E-state index contributed by atoms with van der Waals surface area (Å²) in [5, 5.41) is 5.59. The summed E-state index contributed by atoms with van der Waals surface area (Å²) in [4.78, 5) is 4.11. The normalized spacial score (nSPS) is 23.2. The molecule has 0 amide bonds. The van der Waals surface area contributed by atoms with E-state index < -0.39 is 0 Å². The van der Waals surface area contributed by atoms with E-state index in [0.29, 0.717) is 6.04 Å². The summed E-state index contributed by atoms with van der Waals surface area (Å²) in [6.07, 6.45) is 2.66. The van der Waals surface area contributed by atoms with Crippen LogP contribution in [-0.4, -0.2) is 31.1 Å². The van der Waals surface area contributed by atoms with E-state index in [1.807, 2.05) is 11.3 Å². The van der Waals surface area contributed by atoms with Crippen molar-refractivity contribution in [3.05, 3.63) is 21.9 Å². The van der Waals surface area contributed by atoms with Gasteiger partial charge in [0, 0.05) is 24.0 Å². The highest BCUT2D eigenvalue weighted by Gasteiger charge is 2.18. The Bertz CT molecular complexity index is 308. The third kappa shape index (κ3) is 2.80. The lowest BCUT2D eigenvalue weighted by atomic mass is 10.1. The molecule has 2 rings (SSSR count). The number of likely N-dealkylation sites (tertiary alicyclic amines) is 1. The van der Waals surface area contributed by atoms with Crippen molar-refractivity contribution < 1.29 is 0 Å². The van der Waals surface area contributed by atoms with Gasteiger partial charge in [0.25, 0.3) is 0 Å². The molecule has 0 bridgehead atoms. The number of likely N-dealkylation sites (N-methyl/N-ethyl adjacent to an activating group) is 1. The third-order valence-corrected chi connectivity index (χ3v) is 4.26.